The molecule has 0 amide bonds. The largest absolute Gasteiger partial charge is 0.300 e. The molecular formula is C23H38O. The fourth-order valence-electron chi connectivity index (χ4n) is 8.76. The van der Waals surface area contributed by atoms with Crippen LogP contribution in [0, 0.1) is 58.2 Å². The standard InChI is InChI=1S/C23H38O/c1-13-16(20-9-7-18(13)22(20,3)4)11-15(24)12-17-14(2)19-8-10-21(17)23(19,5)6/h13-14,16-21H,7-12H2,1-6H3. The van der Waals surface area contributed by atoms with Gasteiger partial charge in [0.2, 0.25) is 0 Å². The van der Waals surface area contributed by atoms with Crippen LogP contribution in [0.5, 0.6) is 0 Å². The van der Waals surface area contributed by atoms with E-state index in [1.54, 1.807) is 0 Å². The molecule has 0 aromatic carbocycles. The highest BCUT2D eigenvalue weighted by molar-refractivity contribution is 5.79. The van der Waals surface area contributed by atoms with Crippen molar-refractivity contribution < 1.29 is 4.79 Å². The van der Waals surface area contributed by atoms with Gasteiger partial charge in [0.1, 0.15) is 5.78 Å². The van der Waals surface area contributed by atoms with E-state index in [1.807, 2.05) is 0 Å². The van der Waals surface area contributed by atoms with Gasteiger partial charge in [-0.25, -0.2) is 0 Å². The number of fused-ring (bicyclic) bond motifs is 4. The van der Waals surface area contributed by atoms with Crippen molar-refractivity contribution in [1.29, 1.82) is 0 Å². The maximum atomic E-state index is 13.0. The molecule has 0 aromatic heterocycles. The normalized spacial score (nSPS) is 50.6. The van der Waals surface area contributed by atoms with Crippen molar-refractivity contribution >= 4 is 5.78 Å². The Balaban J connectivity index is 1.42. The number of hydrogen-bond acceptors (Lipinski definition) is 1. The van der Waals surface area contributed by atoms with Crippen LogP contribution in [-0.4, -0.2) is 5.78 Å². The zero-order chi connectivity index (χ0) is 17.4. The van der Waals surface area contributed by atoms with Crippen LogP contribution < -0.4 is 0 Å². The molecule has 0 N–H and O–H groups in total. The molecule has 0 saturated heterocycles. The molecule has 8 unspecified atom stereocenters. The van der Waals surface area contributed by atoms with Crippen LogP contribution in [0.3, 0.4) is 0 Å². The second-order valence-electron chi connectivity index (χ2n) is 11.2. The summed E-state index contributed by atoms with van der Waals surface area (Å²) in [5.41, 5.74) is 0.956. The minimum absolute atomic E-state index is 0.478. The van der Waals surface area contributed by atoms with Crippen molar-refractivity contribution in [1.82, 2.24) is 0 Å². The number of carbonyl (C=O) groups is 1. The first-order chi connectivity index (χ1) is 11.2. The second-order valence-corrected chi connectivity index (χ2v) is 11.2. The third kappa shape index (κ3) is 2.15. The highest BCUT2D eigenvalue weighted by atomic mass is 16.1. The summed E-state index contributed by atoms with van der Waals surface area (Å²) in [6, 6.07) is 0. The van der Waals surface area contributed by atoms with E-state index < -0.39 is 0 Å². The fourth-order valence-corrected chi connectivity index (χ4v) is 8.76. The monoisotopic (exact) mass is 330 g/mol. The zero-order valence-electron chi connectivity index (χ0n) is 16.8. The van der Waals surface area contributed by atoms with Gasteiger partial charge in [-0.1, -0.05) is 41.5 Å². The molecule has 0 aromatic rings. The molecule has 0 aliphatic heterocycles. The molecule has 0 spiro atoms. The van der Waals surface area contributed by atoms with Crippen LogP contribution in [0.2, 0.25) is 0 Å². The molecular weight excluding hydrogens is 292 g/mol. The van der Waals surface area contributed by atoms with Crippen molar-refractivity contribution in [3.8, 4) is 0 Å². The van der Waals surface area contributed by atoms with E-state index in [2.05, 4.69) is 41.5 Å². The van der Waals surface area contributed by atoms with Gasteiger partial charge in [-0.3, -0.25) is 4.79 Å². The van der Waals surface area contributed by atoms with Crippen molar-refractivity contribution in [2.24, 2.45) is 58.2 Å². The number of carbonyl (C=O) groups excluding carboxylic acids is 1. The van der Waals surface area contributed by atoms with E-state index in [0.29, 0.717) is 28.4 Å². The fraction of sp³-hybridized carbons (Fsp3) is 0.957. The summed E-state index contributed by atoms with van der Waals surface area (Å²) in [6.07, 6.45) is 7.32. The topological polar surface area (TPSA) is 17.1 Å². The maximum absolute atomic E-state index is 13.0. The summed E-state index contributed by atoms with van der Waals surface area (Å²) >= 11 is 0. The lowest BCUT2D eigenvalue weighted by Gasteiger charge is -2.31. The maximum Gasteiger partial charge on any atom is 0.133 e. The predicted molar refractivity (Wildman–Crippen MR) is 99.5 cm³/mol. The molecule has 24 heavy (non-hydrogen) atoms. The van der Waals surface area contributed by atoms with Gasteiger partial charge in [0, 0.05) is 12.8 Å². The Morgan fingerprint density at radius 2 is 1.04 bits per heavy atom. The van der Waals surface area contributed by atoms with Crippen LogP contribution >= 0.6 is 0 Å². The molecule has 4 aliphatic carbocycles. The van der Waals surface area contributed by atoms with Crippen LogP contribution in [0.25, 0.3) is 0 Å². The predicted octanol–water partition coefficient (Wildman–Crippen LogP) is 5.97. The lowest BCUT2D eigenvalue weighted by molar-refractivity contribution is -0.122. The molecule has 4 saturated carbocycles. The Labute approximate surface area is 149 Å². The number of ketones is 1. The quantitative estimate of drug-likeness (QED) is 0.620. The van der Waals surface area contributed by atoms with Gasteiger partial charge in [0.15, 0.2) is 0 Å². The second kappa shape index (κ2) is 5.34. The van der Waals surface area contributed by atoms with Crippen LogP contribution in [0.15, 0.2) is 0 Å². The van der Waals surface area contributed by atoms with Crippen LogP contribution in [0.1, 0.15) is 80.1 Å². The van der Waals surface area contributed by atoms with E-state index in [0.717, 1.165) is 48.3 Å². The van der Waals surface area contributed by atoms with Gasteiger partial charge in [-0.15, -0.1) is 0 Å². The molecule has 8 atom stereocenters. The molecule has 4 aliphatic rings. The Hall–Kier alpha value is -0.330. The van der Waals surface area contributed by atoms with Crippen molar-refractivity contribution in [2.45, 2.75) is 80.1 Å². The molecule has 4 rings (SSSR count). The zero-order valence-corrected chi connectivity index (χ0v) is 16.8. The minimum atomic E-state index is 0.478. The summed E-state index contributed by atoms with van der Waals surface area (Å²) in [6.45, 7) is 14.8. The molecule has 136 valence electrons. The van der Waals surface area contributed by atoms with Gasteiger partial charge in [-0.05, 0) is 83.9 Å². The summed E-state index contributed by atoms with van der Waals surface area (Å²) in [7, 11) is 0. The van der Waals surface area contributed by atoms with Gasteiger partial charge in [-0.2, -0.15) is 0 Å². The van der Waals surface area contributed by atoms with E-state index in [4.69, 9.17) is 0 Å². The summed E-state index contributed by atoms with van der Waals surface area (Å²) < 4.78 is 0. The number of rotatable bonds is 4. The van der Waals surface area contributed by atoms with E-state index in [1.165, 1.54) is 25.7 Å². The SMILES string of the molecule is CC1C(CC(=O)CC2C(C)C3CCC2C3(C)C)C2CCC1C2(C)C. The van der Waals surface area contributed by atoms with Crippen molar-refractivity contribution in [2.75, 3.05) is 0 Å². The Morgan fingerprint density at radius 3 is 1.33 bits per heavy atom. The lowest BCUT2D eigenvalue weighted by atomic mass is 9.73. The van der Waals surface area contributed by atoms with Crippen LogP contribution in [-0.2, 0) is 4.79 Å². The Bertz CT molecular complexity index is 484. The van der Waals surface area contributed by atoms with E-state index in [9.17, 15) is 4.79 Å². The average molecular weight is 331 g/mol. The van der Waals surface area contributed by atoms with Gasteiger partial charge in [0.25, 0.3) is 0 Å². The smallest absolute Gasteiger partial charge is 0.133 e. The lowest BCUT2D eigenvalue weighted by Crippen LogP contribution is -2.27. The first-order valence-electron chi connectivity index (χ1n) is 10.7. The van der Waals surface area contributed by atoms with E-state index in [-0.39, 0.29) is 0 Å². The number of Topliss-reactive ketones (excluding diaryl/α,β-unsaturated/α-hetero) is 1. The molecule has 4 fully saturated rings. The number of hydrogen-bond donors (Lipinski definition) is 0. The molecule has 4 bridgehead atoms. The van der Waals surface area contributed by atoms with Crippen molar-refractivity contribution in [3.05, 3.63) is 0 Å². The summed E-state index contributed by atoms with van der Waals surface area (Å²) in [4.78, 5) is 13.0. The molecule has 0 heterocycles. The highest BCUT2D eigenvalue weighted by Crippen LogP contribution is 2.65. The van der Waals surface area contributed by atoms with Gasteiger partial charge in [0.05, 0.1) is 0 Å². The molecule has 0 radical (unpaired) electrons. The minimum Gasteiger partial charge on any atom is -0.300 e. The average Bonchev–Trinajstić information content (AvgIpc) is 3.06. The van der Waals surface area contributed by atoms with E-state index >= 15 is 0 Å². The molecule has 1 heteroatoms. The Kier molecular flexibility index (Phi) is 3.80. The van der Waals surface area contributed by atoms with Gasteiger partial charge < -0.3 is 0 Å². The Morgan fingerprint density at radius 1 is 0.708 bits per heavy atom. The highest BCUT2D eigenvalue weighted by Gasteiger charge is 2.59. The first-order valence-corrected chi connectivity index (χ1v) is 10.7. The third-order valence-corrected chi connectivity index (χ3v) is 9.98. The first kappa shape index (κ1) is 17.1. The summed E-state index contributed by atoms with van der Waals surface area (Å²) in [5.74, 6) is 6.79. The van der Waals surface area contributed by atoms with Gasteiger partial charge >= 0.3 is 0 Å². The van der Waals surface area contributed by atoms with Crippen LogP contribution in [0.4, 0.5) is 0 Å². The molecule has 1 nitrogen and oxygen atoms in total. The van der Waals surface area contributed by atoms with Crippen molar-refractivity contribution in [3.63, 3.8) is 0 Å². The summed E-state index contributed by atoms with van der Waals surface area (Å²) in [5, 5.41) is 0. The third-order valence-electron chi connectivity index (χ3n) is 9.98.